The number of carbonyl (C=O) groups is 3. The van der Waals surface area contributed by atoms with Crippen LogP contribution in [0.5, 0.6) is 0 Å². The largest absolute Gasteiger partial charge is 0.344 e. The molecule has 0 aromatic carbocycles. The van der Waals surface area contributed by atoms with Crippen molar-refractivity contribution in [2.75, 3.05) is 0 Å². The topological polar surface area (TPSA) is 75.3 Å². The van der Waals surface area contributed by atoms with E-state index in [2.05, 4.69) is 16.6 Å². The lowest BCUT2D eigenvalue weighted by atomic mass is 10.1. The molecule has 1 saturated heterocycles. The molecule has 0 aromatic heterocycles. The predicted molar refractivity (Wildman–Crippen MR) is 52.4 cm³/mol. The third kappa shape index (κ3) is 3.43. The highest BCUT2D eigenvalue weighted by Crippen LogP contribution is 2.04. The number of hydrogen-bond acceptors (Lipinski definition) is 3. The number of piperidine rings is 1. The van der Waals surface area contributed by atoms with Gasteiger partial charge < -0.3 is 5.32 Å². The maximum atomic E-state index is 11.2. The highest BCUT2D eigenvalue weighted by Gasteiger charge is 2.27. The number of rotatable bonds is 3. The Bertz CT molecular complexity index is 330. The Morgan fingerprint density at radius 3 is 2.93 bits per heavy atom. The van der Waals surface area contributed by atoms with E-state index in [0.29, 0.717) is 12.8 Å². The Balaban J connectivity index is 2.38. The normalized spacial score (nSPS) is 20.3. The van der Waals surface area contributed by atoms with E-state index in [9.17, 15) is 14.4 Å². The van der Waals surface area contributed by atoms with E-state index in [-0.39, 0.29) is 24.7 Å². The van der Waals surface area contributed by atoms with Crippen molar-refractivity contribution in [1.29, 1.82) is 0 Å². The molecule has 1 atom stereocenters. The van der Waals surface area contributed by atoms with Gasteiger partial charge in [-0.2, -0.15) is 0 Å². The van der Waals surface area contributed by atoms with E-state index in [4.69, 9.17) is 6.42 Å². The van der Waals surface area contributed by atoms with Crippen LogP contribution in [-0.4, -0.2) is 23.8 Å². The molecule has 0 saturated carbocycles. The zero-order chi connectivity index (χ0) is 11.3. The number of hydrogen-bond donors (Lipinski definition) is 2. The summed E-state index contributed by atoms with van der Waals surface area (Å²) in [5.74, 6) is 1.34. The van der Waals surface area contributed by atoms with Gasteiger partial charge in [0, 0.05) is 19.3 Å². The Morgan fingerprint density at radius 1 is 1.60 bits per heavy atom. The van der Waals surface area contributed by atoms with Gasteiger partial charge in [0.2, 0.25) is 17.7 Å². The minimum absolute atomic E-state index is 0.203. The molecule has 5 heteroatoms. The lowest BCUT2D eigenvalue weighted by Gasteiger charge is -2.21. The second-order valence-corrected chi connectivity index (χ2v) is 3.28. The minimum Gasteiger partial charge on any atom is -0.344 e. The molecule has 1 rings (SSSR count). The maximum absolute atomic E-state index is 11.2. The number of carbonyl (C=O) groups excluding carboxylic acids is 3. The molecule has 3 amide bonds. The zero-order valence-corrected chi connectivity index (χ0v) is 8.21. The van der Waals surface area contributed by atoms with Gasteiger partial charge in [0.05, 0.1) is 0 Å². The van der Waals surface area contributed by atoms with Crippen LogP contribution in [0.4, 0.5) is 0 Å². The van der Waals surface area contributed by atoms with Crippen LogP contribution >= 0.6 is 0 Å². The van der Waals surface area contributed by atoms with Crippen LogP contribution in [0.25, 0.3) is 0 Å². The van der Waals surface area contributed by atoms with Gasteiger partial charge in [0.25, 0.3) is 0 Å². The molecule has 1 unspecified atom stereocenters. The summed E-state index contributed by atoms with van der Waals surface area (Å²) in [6.45, 7) is 0. The number of imide groups is 1. The Hall–Kier alpha value is -1.83. The van der Waals surface area contributed by atoms with Crippen LogP contribution in [-0.2, 0) is 14.4 Å². The molecule has 15 heavy (non-hydrogen) atoms. The van der Waals surface area contributed by atoms with Crippen LogP contribution in [0.1, 0.15) is 25.7 Å². The van der Waals surface area contributed by atoms with Crippen LogP contribution < -0.4 is 10.6 Å². The first kappa shape index (κ1) is 11.2. The van der Waals surface area contributed by atoms with Gasteiger partial charge in [-0.3, -0.25) is 19.7 Å². The Morgan fingerprint density at radius 2 is 2.33 bits per heavy atom. The number of amides is 3. The Labute approximate surface area is 87.6 Å². The molecule has 1 aliphatic rings. The second-order valence-electron chi connectivity index (χ2n) is 3.28. The molecule has 0 spiro atoms. The molecule has 1 fully saturated rings. The minimum atomic E-state index is -0.604. The van der Waals surface area contributed by atoms with Crippen molar-refractivity contribution in [2.45, 2.75) is 31.7 Å². The number of terminal acetylenes is 1. The molecule has 0 aromatic rings. The van der Waals surface area contributed by atoms with E-state index in [1.165, 1.54) is 0 Å². The first-order valence-electron chi connectivity index (χ1n) is 4.70. The van der Waals surface area contributed by atoms with Crippen LogP contribution in [0.3, 0.4) is 0 Å². The summed E-state index contributed by atoms with van der Waals surface area (Å²) < 4.78 is 0. The molecule has 5 nitrogen and oxygen atoms in total. The van der Waals surface area contributed by atoms with E-state index >= 15 is 0 Å². The van der Waals surface area contributed by atoms with Gasteiger partial charge in [0.15, 0.2) is 0 Å². The fraction of sp³-hybridized carbons (Fsp3) is 0.500. The van der Waals surface area contributed by atoms with Crippen molar-refractivity contribution in [3.05, 3.63) is 0 Å². The average Bonchev–Trinajstić information content (AvgIpc) is 2.19. The van der Waals surface area contributed by atoms with Gasteiger partial charge in [-0.15, -0.1) is 12.3 Å². The first-order chi connectivity index (χ1) is 7.13. The van der Waals surface area contributed by atoms with E-state index < -0.39 is 11.9 Å². The highest BCUT2D eigenvalue weighted by molar-refractivity contribution is 6.01. The molecule has 0 aliphatic carbocycles. The quantitative estimate of drug-likeness (QED) is 0.476. The zero-order valence-electron chi connectivity index (χ0n) is 8.21. The van der Waals surface area contributed by atoms with Crippen molar-refractivity contribution < 1.29 is 14.4 Å². The van der Waals surface area contributed by atoms with Gasteiger partial charge >= 0.3 is 0 Å². The second kappa shape index (κ2) is 5.15. The highest BCUT2D eigenvalue weighted by atomic mass is 16.2. The summed E-state index contributed by atoms with van der Waals surface area (Å²) in [7, 11) is 0. The van der Waals surface area contributed by atoms with E-state index in [0.717, 1.165) is 0 Å². The molecule has 80 valence electrons. The van der Waals surface area contributed by atoms with Crippen LogP contribution in [0.2, 0.25) is 0 Å². The third-order valence-corrected chi connectivity index (χ3v) is 2.07. The van der Waals surface area contributed by atoms with E-state index in [1.54, 1.807) is 0 Å². The molecule has 1 aliphatic heterocycles. The van der Waals surface area contributed by atoms with Crippen molar-refractivity contribution in [3.63, 3.8) is 0 Å². The molecular formula is C10H12N2O3. The maximum Gasteiger partial charge on any atom is 0.249 e. The van der Waals surface area contributed by atoms with Gasteiger partial charge in [-0.05, 0) is 6.42 Å². The van der Waals surface area contributed by atoms with Crippen molar-refractivity contribution in [2.24, 2.45) is 0 Å². The third-order valence-electron chi connectivity index (χ3n) is 2.07. The van der Waals surface area contributed by atoms with Crippen molar-refractivity contribution in [1.82, 2.24) is 10.6 Å². The predicted octanol–water partition coefficient (Wildman–Crippen LogP) is -0.679. The SMILES string of the molecule is C#CCCC(=O)NC1CCC(=O)NC1=O. The van der Waals surface area contributed by atoms with Crippen molar-refractivity contribution in [3.8, 4) is 12.3 Å². The van der Waals surface area contributed by atoms with Gasteiger partial charge in [0.1, 0.15) is 6.04 Å². The monoisotopic (exact) mass is 208 g/mol. The molecular weight excluding hydrogens is 196 g/mol. The molecule has 0 radical (unpaired) electrons. The van der Waals surface area contributed by atoms with Gasteiger partial charge in [-0.25, -0.2) is 0 Å². The summed E-state index contributed by atoms with van der Waals surface area (Å²) in [6, 6.07) is -0.604. The fourth-order valence-corrected chi connectivity index (χ4v) is 1.28. The molecule has 2 N–H and O–H groups in total. The number of nitrogens with one attached hydrogen (secondary N) is 2. The van der Waals surface area contributed by atoms with Crippen molar-refractivity contribution >= 4 is 17.7 Å². The first-order valence-corrected chi connectivity index (χ1v) is 4.70. The average molecular weight is 208 g/mol. The smallest absolute Gasteiger partial charge is 0.249 e. The summed E-state index contributed by atoms with van der Waals surface area (Å²) >= 11 is 0. The molecule has 1 heterocycles. The Kier molecular flexibility index (Phi) is 3.86. The molecule has 0 bridgehead atoms. The fourth-order valence-electron chi connectivity index (χ4n) is 1.28. The van der Waals surface area contributed by atoms with E-state index in [1.807, 2.05) is 0 Å². The van der Waals surface area contributed by atoms with Crippen LogP contribution in [0.15, 0.2) is 0 Å². The van der Waals surface area contributed by atoms with Crippen LogP contribution in [0, 0.1) is 12.3 Å². The summed E-state index contributed by atoms with van der Waals surface area (Å²) in [5, 5.41) is 4.68. The standard InChI is InChI=1S/C10H12N2O3/c1-2-3-4-8(13)11-7-5-6-9(14)12-10(7)15/h1,7H,3-6H2,(H,11,13)(H,12,14,15). The summed E-state index contributed by atoms with van der Waals surface area (Å²) in [4.78, 5) is 33.3. The summed E-state index contributed by atoms with van der Waals surface area (Å²) in [5.41, 5.74) is 0. The van der Waals surface area contributed by atoms with Gasteiger partial charge in [-0.1, -0.05) is 0 Å². The lowest BCUT2D eigenvalue weighted by Crippen LogP contribution is -2.52. The summed E-state index contributed by atoms with van der Waals surface area (Å²) in [6.07, 6.45) is 6.16. The lowest BCUT2D eigenvalue weighted by molar-refractivity contribution is -0.137.